The molecule has 2 aromatic rings. The van der Waals surface area contributed by atoms with E-state index in [0.717, 1.165) is 5.56 Å². The van der Waals surface area contributed by atoms with Crippen LogP contribution in [0, 0.1) is 0 Å². The molecule has 1 aromatic carbocycles. The Bertz CT molecular complexity index is 588. The molecule has 0 aliphatic heterocycles. The molecule has 2 rings (SSSR count). The Hall–Kier alpha value is -1.20. The number of rotatable bonds is 4. The predicted octanol–water partition coefficient (Wildman–Crippen LogP) is 5.24. The lowest BCUT2D eigenvalue weighted by Crippen LogP contribution is -1.99. The van der Waals surface area contributed by atoms with E-state index in [1.165, 1.54) is 0 Å². The SMILES string of the molecule is CC(C)c1nc(Cl)cc(-c2ccc(SC(F)F)cc2)n1. The molecule has 6 heteroatoms. The number of halogens is 3. The van der Waals surface area contributed by atoms with Gasteiger partial charge >= 0.3 is 0 Å². The molecule has 0 aliphatic rings. The van der Waals surface area contributed by atoms with Crippen molar-refractivity contribution in [2.24, 2.45) is 0 Å². The third kappa shape index (κ3) is 3.90. The fourth-order valence-electron chi connectivity index (χ4n) is 1.65. The summed E-state index contributed by atoms with van der Waals surface area (Å²) in [5.74, 6) is -1.58. The first kappa shape index (κ1) is 15.2. The molecule has 1 heterocycles. The van der Waals surface area contributed by atoms with Crippen LogP contribution >= 0.6 is 23.4 Å². The first-order valence-corrected chi connectivity index (χ1v) is 7.31. The quantitative estimate of drug-likeness (QED) is 0.570. The average Bonchev–Trinajstić information content (AvgIpc) is 2.38. The molecule has 0 saturated carbocycles. The summed E-state index contributed by atoms with van der Waals surface area (Å²) >= 11 is 6.51. The molecule has 0 fully saturated rings. The van der Waals surface area contributed by atoms with Gasteiger partial charge in [0.2, 0.25) is 0 Å². The van der Waals surface area contributed by atoms with Gasteiger partial charge in [-0.1, -0.05) is 49.3 Å². The minimum atomic E-state index is -2.41. The summed E-state index contributed by atoms with van der Waals surface area (Å²) in [7, 11) is 0. The van der Waals surface area contributed by atoms with Crippen LogP contribution in [-0.2, 0) is 0 Å². The lowest BCUT2D eigenvalue weighted by Gasteiger charge is -2.08. The Morgan fingerprint density at radius 3 is 2.30 bits per heavy atom. The maximum atomic E-state index is 12.3. The smallest absolute Gasteiger partial charge is 0.233 e. The number of nitrogens with zero attached hydrogens (tertiary/aromatic N) is 2. The Kier molecular flexibility index (Phi) is 4.94. The Balaban J connectivity index is 2.31. The van der Waals surface area contributed by atoms with E-state index in [1.54, 1.807) is 30.3 Å². The fourth-order valence-corrected chi connectivity index (χ4v) is 2.34. The van der Waals surface area contributed by atoms with Gasteiger partial charge < -0.3 is 0 Å². The topological polar surface area (TPSA) is 25.8 Å². The molecule has 0 atom stereocenters. The van der Waals surface area contributed by atoms with Crippen LogP contribution in [0.2, 0.25) is 5.15 Å². The van der Waals surface area contributed by atoms with Crippen LogP contribution in [0.3, 0.4) is 0 Å². The summed E-state index contributed by atoms with van der Waals surface area (Å²) in [5.41, 5.74) is 1.53. The van der Waals surface area contributed by atoms with Crippen LogP contribution in [-0.4, -0.2) is 15.7 Å². The molecule has 0 spiro atoms. The molecule has 0 N–H and O–H groups in total. The molecular formula is C14H13ClF2N2S. The largest absolute Gasteiger partial charge is 0.288 e. The molecule has 20 heavy (non-hydrogen) atoms. The standard InChI is InChI=1S/C14H13ClF2N2S/c1-8(2)13-18-11(7-12(15)19-13)9-3-5-10(6-4-9)20-14(16)17/h3-8,14H,1-2H3. The Morgan fingerprint density at radius 2 is 1.75 bits per heavy atom. The molecule has 0 saturated heterocycles. The summed E-state index contributed by atoms with van der Waals surface area (Å²) < 4.78 is 24.5. The lowest BCUT2D eigenvalue weighted by atomic mass is 10.1. The normalized spacial score (nSPS) is 11.3. The first-order valence-electron chi connectivity index (χ1n) is 6.05. The number of aromatic nitrogens is 2. The first-order chi connectivity index (χ1) is 9.45. The summed E-state index contributed by atoms with van der Waals surface area (Å²) in [6, 6.07) is 8.48. The van der Waals surface area contributed by atoms with Crippen LogP contribution in [0.15, 0.2) is 35.2 Å². The van der Waals surface area contributed by atoms with Crippen LogP contribution < -0.4 is 0 Å². The Morgan fingerprint density at radius 1 is 1.10 bits per heavy atom. The van der Waals surface area contributed by atoms with Crippen molar-refractivity contribution >= 4 is 23.4 Å². The molecule has 0 radical (unpaired) electrons. The second kappa shape index (κ2) is 6.50. The maximum Gasteiger partial charge on any atom is 0.288 e. The average molecular weight is 315 g/mol. The molecule has 1 aromatic heterocycles. The van der Waals surface area contributed by atoms with E-state index in [0.29, 0.717) is 33.3 Å². The molecule has 106 valence electrons. The lowest BCUT2D eigenvalue weighted by molar-refractivity contribution is 0.252. The van der Waals surface area contributed by atoms with Crippen molar-refractivity contribution in [2.45, 2.75) is 30.4 Å². The van der Waals surface area contributed by atoms with Gasteiger partial charge in [0.25, 0.3) is 5.76 Å². The summed E-state index contributed by atoms with van der Waals surface area (Å²) in [4.78, 5) is 9.13. The van der Waals surface area contributed by atoms with E-state index in [-0.39, 0.29) is 5.92 Å². The third-order valence-corrected chi connectivity index (χ3v) is 3.52. The van der Waals surface area contributed by atoms with Gasteiger partial charge in [0, 0.05) is 22.4 Å². The fraction of sp³-hybridized carbons (Fsp3) is 0.286. The molecule has 0 bridgehead atoms. The summed E-state index contributed by atoms with van der Waals surface area (Å²) in [6.07, 6.45) is 0. The van der Waals surface area contributed by atoms with E-state index < -0.39 is 5.76 Å². The van der Waals surface area contributed by atoms with Crippen molar-refractivity contribution in [3.63, 3.8) is 0 Å². The summed E-state index contributed by atoms with van der Waals surface area (Å²) in [5, 5.41) is 0.379. The minimum absolute atomic E-state index is 0.168. The highest BCUT2D eigenvalue weighted by molar-refractivity contribution is 7.99. The zero-order valence-corrected chi connectivity index (χ0v) is 12.6. The molecule has 0 aliphatic carbocycles. The molecule has 0 amide bonds. The van der Waals surface area contributed by atoms with Crippen molar-refractivity contribution in [3.8, 4) is 11.3 Å². The van der Waals surface area contributed by atoms with Crippen molar-refractivity contribution in [2.75, 3.05) is 0 Å². The van der Waals surface area contributed by atoms with E-state index in [1.807, 2.05) is 13.8 Å². The number of thioether (sulfide) groups is 1. The van der Waals surface area contributed by atoms with Gasteiger partial charge in [-0.15, -0.1) is 0 Å². The van der Waals surface area contributed by atoms with Crippen LogP contribution in [0.25, 0.3) is 11.3 Å². The van der Waals surface area contributed by atoms with Gasteiger partial charge in [-0.2, -0.15) is 8.78 Å². The number of hydrogen-bond donors (Lipinski definition) is 0. The van der Waals surface area contributed by atoms with E-state index in [9.17, 15) is 8.78 Å². The van der Waals surface area contributed by atoms with E-state index >= 15 is 0 Å². The van der Waals surface area contributed by atoms with Crippen LogP contribution in [0.5, 0.6) is 0 Å². The Labute approximate surface area is 125 Å². The highest BCUT2D eigenvalue weighted by Crippen LogP contribution is 2.28. The highest BCUT2D eigenvalue weighted by atomic mass is 35.5. The van der Waals surface area contributed by atoms with Crippen molar-refractivity contribution in [1.82, 2.24) is 9.97 Å². The zero-order chi connectivity index (χ0) is 14.7. The maximum absolute atomic E-state index is 12.3. The molecule has 2 nitrogen and oxygen atoms in total. The highest BCUT2D eigenvalue weighted by Gasteiger charge is 2.10. The van der Waals surface area contributed by atoms with Crippen molar-refractivity contribution in [3.05, 3.63) is 41.3 Å². The molecule has 0 unspecified atom stereocenters. The van der Waals surface area contributed by atoms with Gasteiger partial charge in [0.15, 0.2) is 0 Å². The second-order valence-corrected chi connectivity index (χ2v) is 5.94. The minimum Gasteiger partial charge on any atom is -0.233 e. The molecular weight excluding hydrogens is 302 g/mol. The van der Waals surface area contributed by atoms with Crippen molar-refractivity contribution in [1.29, 1.82) is 0 Å². The van der Waals surface area contributed by atoms with E-state index in [2.05, 4.69) is 9.97 Å². The monoisotopic (exact) mass is 314 g/mol. The van der Waals surface area contributed by atoms with Gasteiger partial charge in [-0.05, 0) is 12.1 Å². The van der Waals surface area contributed by atoms with E-state index in [4.69, 9.17) is 11.6 Å². The van der Waals surface area contributed by atoms with Gasteiger partial charge in [0.1, 0.15) is 11.0 Å². The van der Waals surface area contributed by atoms with Crippen LogP contribution in [0.4, 0.5) is 8.78 Å². The number of hydrogen-bond acceptors (Lipinski definition) is 3. The zero-order valence-electron chi connectivity index (χ0n) is 11.0. The summed E-state index contributed by atoms with van der Waals surface area (Å²) in [6.45, 7) is 3.97. The van der Waals surface area contributed by atoms with Gasteiger partial charge in [0.05, 0.1) is 5.69 Å². The van der Waals surface area contributed by atoms with Gasteiger partial charge in [-0.25, -0.2) is 9.97 Å². The van der Waals surface area contributed by atoms with Crippen molar-refractivity contribution < 1.29 is 8.78 Å². The number of alkyl halides is 2. The number of benzene rings is 1. The predicted molar refractivity (Wildman–Crippen MR) is 78.4 cm³/mol. The van der Waals surface area contributed by atoms with Gasteiger partial charge in [-0.3, -0.25) is 0 Å². The third-order valence-electron chi connectivity index (χ3n) is 2.60. The second-order valence-electron chi connectivity index (χ2n) is 4.49. The van der Waals surface area contributed by atoms with Crippen LogP contribution in [0.1, 0.15) is 25.6 Å².